The fourth-order valence-electron chi connectivity index (χ4n) is 4.07. The van der Waals surface area contributed by atoms with Crippen molar-refractivity contribution >= 4 is 22.4 Å². The summed E-state index contributed by atoms with van der Waals surface area (Å²) < 4.78 is 4.32. The van der Waals surface area contributed by atoms with Crippen molar-refractivity contribution in [2.45, 2.75) is 25.7 Å². The average molecular weight is 300 g/mol. The SMILES string of the molecule is Nc1nsc(NCC2CC3CCC2C3)c1-c1ccncc1. The Labute approximate surface area is 129 Å². The zero-order chi connectivity index (χ0) is 14.2. The maximum atomic E-state index is 6.06. The van der Waals surface area contributed by atoms with Gasteiger partial charge in [-0.25, -0.2) is 0 Å². The zero-order valence-electron chi connectivity index (χ0n) is 12.0. The van der Waals surface area contributed by atoms with Crippen LogP contribution in [0.15, 0.2) is 24.5 Å². The standard InChI is InChI=1S/C16H20N4S/c17-15-14(11-3-5-18-6-4-11)16(21-20-15)19-9-13-8-10-1-2-12(13)7-10/h3-6,10,12-13,19H,1-2,7-9H2,(H2,17,20). The minimum Gasteiger partial charge on any atom is -0.382 e. The van der Waals surface area contributed by atoms with Gasteiger partial charge in [0.25, 0.3) is 0 Å². The molecule has 0 amide bonds. The Kier molecular flexibility index (Phi) is 3.30. The summed E-state index contributed by atoms with van der Waals surface area (Å²) in [5.74, 6) is 3.38. The first kappa shape index (κ1) is 13.1. The molecule has 2 aromatic heterocycles. The van der Waals surface area contributed by atoms with Crippen molar-refractivity contribution in [1.29, 1.82) is 0 Å². The van der Waals surface area contributed by atoms with E-state index in [-0.39, 0.29) is 0 Å². The predicted molar refractivity (Wildman–Crippen MR) is 87.2 cm³/mol. The molecule has 3 N–H and O–H groups in total. The molecule has 0 aliphatic heterocycles. The second kappa shape index (κ2) is 5.30. The Hall–Kier alpha value is -1.62. The van der Waals surface area contributed by atoms with Crippen molar-refractivity contribution in [2.75, 3.05) is 17.6 Å². The van der Waals surface area contributed by atoms with E-state index < -0.39 is 0 Å². The number of nitrogens with zero attached hydrogens (tertiary/aromatic N) is 2. The Morgan fingerprint density at radius 1 is 1.24 bits per heavy atom. The van der Waals surface area contributed by atoms with Gasteiger partial charge in [0, 0.05) is 18.9 Å². The van der Waals surface area contributed by atoms with E-state index in [2.05, 4.69) is 14.7 Å². The van der Waals surface area contributed by atoms with E-state index in [4.69, 9.17) is 5.73 Å². The van der Waals surface area contributed by atoms with Crippen LogP contribution in [0.4, 0.5) is 10.8 Å². The number of anilines is 2. The highest BCUT2D eigenvalue weighted by atomic mass is 32.1. The van der Waals surface area contributed by atoms with Crippen LogP contribution in [0, 0.1) is 17.8 Å². The van der Waals surface area contributed by atoms with Gasteiger partial charge in [0.15, 0.2) is 0 Å². The molecular weight excluding hydrogens is 280 g/mol. The molecule has 110 valence electrons. The van der Waals surface area contributed by atoms with Crippen LogP contribution in [-0.2, 0) is 0 Å². The van der Waals surface area contributed by atoms with Gasteiger partial charge < -0.3 is 11.1 Å². The molecule has 0 radical (unpaired) electrons. The van der Waals surface area contributed by atoms with Crippen LogP contribution in [0.2, 0.25) is 0 Å². The number of aromatic nitrogens is 2. The molecule has 2 aliphatic rings. The Balaban J connectivity index is 1.51. The molecule has 3 atom stereocenters. The van der Waals surface area contributed by atoms with E-state index >= 15 is 0 Å². The fraction of sp³-hybridized carbons (Fsp3) is 0.500. The van der Waals surface area contributed by atoms with Crippen LogP contribution in [0.25, 0.3) is 11.1 Å². The third-order valence-electron chi connectivity index (χ3n) is 5.10. The number of fused-ring (bicyclic) bond motifs is 2. The number of nitrogens with one attached hydrogen (secondary N) is 1. The van der Waals surface area contributed by atoms with Gasteiger partial charge >= 0.3 is 0 Å². The van der Waals surface area contributed by atoms with Gasteiger partial charge in [0.2, 0.25) is 0 Å². The van der Waals surface area contributed by atoms with Crippen LogP contribution < -0.4 is 11.1 Å². The van der Waals surface area contributed by atoms with Crippen LogP contribution in [-0.4, -0.2) is 15.9 Å². The van der Waals surface area contributed by atoms with E-state index in [1.165, 1.54) is 37.2 Å². The lowest BCUT2D eigenvalue weighted by Gasteiger charge is -2.22. The average Bonchev–Trinajstić information content (AvgIpc) is 3.21. The van der Waals surface area contributed by atoms with Crippen molar-refractivity contribution in [1.82, 2.24) is 9.36 Å². The van der Waals surface area contributed by atoms with E-state index in [1.807, 2.05) is 12.1 Å². The number of pyridine rings is 1. The molecule has 0 spiro atoms. The summed E-state index contributed by atoms with van der Waals surface area (Å²) in [6.45, 7) is 1.06. The minimum atomic E-state index is 0.613. The lowest BCUT2D eigenvalue weighted by atomic mass is 9.89. The summed E-state index contributed by atoms with van der Waals surface area (Å²) in [5, 5.41) is 4.71. The highest BCUT2D eigenvalue weighted by Crippen LogP contribution is 2.48. The topological polar surface area (TPSA) is 63.8 Å². The van der Waals surface area contributed by atoms with E-state index in [1.54, 1.807) is 12.4 Å². The van der Waals surface area contributed by atoms with Crippen molar-refractivity contribution < 1.29 is 0 Å². The third kappa shape index (κ3) is 2.39. The first-order valence-corrected chi connectivity index (χ1v) is 8.48. The highest BCUT2D eigenvalue weighted by molar-refractivity contribution is 7.11. The number of hydrogen-bond donors (Lipinski definition) is 2. The van der Waals surface area contributed by atoms with Gasteiger partial charge in [0.1, 0.15) is 10.8 Å². The van der Waals surface area contributed by atoms with Crippen molar-refractivity contribution in [3.05, 3.63) is 24.5 Å². The fourth-order valence-corrected chi connectivity index (χ4v) is 4.81. The normalized spacial score (nSPS) is 27.1. The summed E-state index contributed by atoms with van der Waals surface area (Å²) in [6, 6.07) is 3.98. The Bertz CT molecular complexity index is 624. The Morgan fingerprint density at radius 2 is 2.10 bits per heavy atom. The van der Waals surface area contributed by atoms with Gasteiger partial charge in [0.05, 0.1) is 5.56 Å². The lowest BCUT2D eigenvalue weighted by molar-refractivity contribution is 0.348. The van der Waals surface area contributed by atoms with Gasteiger partial charge in [-0.15, -0.1) is 0 Å². The van der Waals surface area contributed by atoms with E-state index in [9.17, 15) is 0 Å². The van der Waals surface area contributed by atoms with Gasteiger partial charge in [-0.1, -0.05) is 6.42 Å². The van der Waals surface area contributed by atoms with Crippen molar-refractivity contribution in [3.8, 4) is 11.1 Å². The maximum Gasteiger partial charge on any atom is 0.147 e. The Morgan fingerprint density at radius 3 is 2.81 bits per heavy atom. The summed E-state index contributed by atoms with van der Waals surface area (Å²) in [7, 11) is 0. The molecule has 0 saturated heterocycles. The van der Waals surface area contributed by atoms with Gasteiger partial charge in [-0.3, -0.25) is 4.98 Å². The predicted octanol–water partition coefficient (Wildman–Crippen LogP) is 3.64. The van der Waals surface area contributed by atoms with Crippen LogP contribution >= 0.6 is 11.5 Å². The molecule has 2 aliphatic carbocycles. The molecule has 2 saturated carbocycles. The molecule has 2 bridgehead atoms. The van der Waals surface area contributed by atoms with E-state index in [0.717, 1.165) is 40.4 Å². The zero-order valence-corrected chi connectivity index (χ0v) is 12.8. The smallest absolute Gasteiger partial charge is 0.147 e. The van der Waals surface area contributed by atoms with Crippen LogP contribution in [0.1, 0.15) is 25.7 Å². The number of nitrogens with two attached hydrogens (primary N) is 1. The summed E-state index contributed by atoms with van der Waals surface area (Å²) in [6.07, 6.45) is 9.33. The summed E-state index contributed by atoms with van der Waals surface area (Å²) >= 11 is 1.47. The molecule has 21 heavy (non-hydrogen) atoms. The molecule has 2 aromatic rings. The number of rotatable bonds is 4. The molecule has 2 heterocycles. The van der Waals surface area contributed by atoms with Crippen LogP contribution in [0.3, 0.4) is 0 Å². The first-order chi connectivity index (χ1) is 10.3. The number of hydrogen-bond acceptors (Lipinski definition) is 5. The largest absolute Gasteiger partial charge is 0.382 e. The molecule has 3 unspecified atom stereocenters. The first-order valence-electron chi connectivity index (χ1n) is 7.70. The van der Waals surface area contributed by atoms with Gasteiger partial charge in [-0.05, 0) is 66.2 Å². The highest BCUT2D eigenvalue weighted by Gasteiger charge is 2.39. The monoisotopic (exact) mass is 300 g/mol. The van der Waals surface area contributed by atoms with Crippen molar-refractivity contribution in [3.63, 3.8) is 0 Å². The minimum absolute atomic E-state index is 0.613. The van der Waals surface area contributed by atoms with E-state index in [0.29, 0.717) is 5.82 Å². The third-order valence-corrected chi connectivity index (χ3v) is 5.92. The molecule has 4 rings (SSSR count). The lowest BCUT2D eigenvalue weighted by Crippen LogP contribution is -2.19. The molecule has 4 nitrogen and oxygen atoms in total. The molecular formula is C16H20N4S. The molecule has 2 fully saturated rings. The summed E-state index contributed by atoms with van der Waals surface area (Å²) in [5.41, 5.74) is 8.18. The second-order valence-corrected chi connectivity index (χ2v) is 7.10. The maximum absolute atomic E-state index is 6.06. The second-order valence-electron chi connectivity index (χ2n) is 6.32. The summed E-state index contributed by atoms with van der Waals surface area (Å²) in [4.78, 5) is 4.07. The quantitative estimate of drug-likeness (QED) is 0.905. The van der Waals surface area contributed by atoms with Gasteiger partial charge in [-0.2, -0.15) is 4.37 Å². The van der Waals surface area contributed by atoms with Crippen LogP contribution in [0.5, 0.6) is 0 Å². The number of nitrogen functional groups attached to an aromatic ring is 1. The molecule has 0 aromatic carbocycles. The molecule has 5 heteroatoms. The van der Waals surface area contributed by atoms with Crippen molar-refractivity contribution in [2.24, 2.45) is 17.8 Å².